The molecule has 2 aromatic carbocycles. The Hall–Kier alpha value is -2.14. The molecule has 4 nitrogen and oxygen atoms in total. The molecule has 5 heteroatoms. The van der Waals surface area contributed by atoms with Crippen molar-refractivity contribution in [2.24, 2.45) is 0 Å². The van der Waals surface area contributed by atoms with Gasteiger partial charge in [-0.3, -0.25) is 4.79 Å². The van der Waals surface area contributed by atoms with Gasteiger partial charge in [0.15, 0.2) is 5.78 Å². The summed E-state index contributed by atoms with van der Waals surface area (Å²) < 4.78 is 5.92. The molecule has 2 aliphatic heterocycles. The lowest BCUT2D eigenvalue weighted by Gasteiger charge is -2.40. The zero-order chi connectivity index (χ0) is 21.8. The summed E-state index contributed by atoms with van der Waals surface area (Å²) >= 11 is 6.25. The van der Waals surface area contributed by atoms with Crippen molar-refractivity contribution < 1.29 is 14.6 Å². The van der Waals surface area contributed by atoms with E-state index >= 15 is 0 Å². The van der Waals surface area contributed by atoms with Gasteiger partial charge in [0.25, 0.3) is 0 Å². The first kappa shape index (κ1) is 21.1. The molecule has 158 valence electrons. The molecule has 0 aromatic heterocycles. The number of benzene rings is 2. The third kappa shape index (κ3) is 3.58. The number of carbonyl (C=O) groups excluding carboxylic acids is 1. The molecule has 0 unspecified atom stereocenters. The largest absolute Gasteiger partial charge is 0.508 e. The van der Waals surface area contributed by atoms with Crippen LogP contribution < -0.4 is 5.32 Å². The highest BCUT2D eigenvalue weighted by molar-refractivity contribution is 6.30. The molecule has 2 heterocycles. The van der Waals surface area contributed by atoms with Crippen LogP contribution in [-0.4, -0.2) is 28.6 Å². The molecule has 0 bridgehead atoms. The number of hydrogen-bond donors (Lipinski definition) is 2. The van der Waals surface area contributed by atoms with Gasteiger partial charge < -0.3 is 15.2 Å². The zero-order valence-electron chi connectivity index (χ0n) is 18.1. The van der Waals surface area contributed by atoms with Gasteiger partial charge in [0.2, 0.25) is 0 Å². The van der Waals surface area contributed by atoms with E-state index in [-0.39, 0.29) is 11.5 Å². The summed E-state index contributed by atoms with van der Waals surface area (Å²) in [5.74, 6) is -0.217. The summed E-state index contributed by atoms with van der Waals surface area (Å²) in [7, 11) is 0. The predicted octanol–water partition coefficient (Wildman–Crippen LogP) is 5.64. The Morgan fingerprint density at radius 3 is 2.43 bits per heavy atom. The summed E-state index contributed by atoms with van der Waals surface area (Å²) in [4.78, 5) is 13.3. The minimum atomic E-state index is -1.02. The fourth-order valence-corrected chi connectivity index (χ4v) is 4.52. The van der Waals surface area contributed by atoms with Gasteiger partial charge in [-0.2, -0.15) is 0 Å². The first-order valence-corrected chi connectivity index (χ1v) is 10.8. The summed E-state index contributed by atoms with van der Waals surface area (Å²) in [6, 6.07) is 12.4. The number of hydrogen-bond acceptors (Lipinski definition) is 4. The van der Waals surface area contributed by atoms with E-state index < -0.39 is 11.2 Å². The van der Waals surface area contributed by atoms with Crippen LogP contribution in [0.5, 0.6) is 0 Å². The van der Waals surface area contributed by atoms with Gasteiger partial charge >= 0.3 is 0 Å². The number of carbonyl (C=O) groups is 1. The van der Waals surface area contributed by atoms with Crippen molar-refractivity contribution in [1.29, 1.82) is 0 Å². The quantitative estimate of drug-likeness (QED) is 0.622. The molecule has 0 amide bonds. The number of aliphatic hydroxyl groups is 1. The number of Topliss-reactive ketones (excluding diaryl/α,β-unsaturated/α-hetero) is 1. The second-order valence-corrected chi connectivity index (χ2v) is 9.53. The number of ether oxygens (including phenoxy) is 1. The minimum Gasteiger partial charge on any atom is -0.508 e. The standard InChI is InChI=1S/C25H28ClNO3/c1-6-14-7-8-15(17-10-9-16(26)12-19(17)20-13-27-20)11-18(14)21-22(28)24(2,3)30-25(4,5)23(21)29/h7-12,20,27-28H,6,13H2,1-5H3/t20-/m1/s1. The van der Waals surface area contributed by atoms with Crippen LogP contribution in [0.4, 0.5) is 0 Å². The van der Waals surface area contributed by atoms with Crippen LogP contribution in [0.1, 0.15) is 57.4 Å². The molecule has 2 N–H and O–H groups in total. The van der Waals surface area contributed by atoms with E-state index in [1.54, 1.807) is 27.7 Å². The molecule has 0 aliphatic carbocycles. The van der Waals surface area contributed by atoms with Crippen molar-refractivity contribution in [2.75, 3.05) is 6.54 Å². The Kier molecular flexibility index (Phi) is 5.08. The van der Waals surface area contributed by atoms with Gasteiger partial charge in [0.1, 0.15) is 17.0 Å². The third-order valence-corrected chi connectivity index (χ3v) is 6.19. The molecule has 0 spiro atoms. The lowest BCUT2D eigenvalue weighted by atomic mass is 9.80. The van der Waals surface area contributed by atoms with Gasteiger partial charge in [-0.25, -0.2) is 0 Å². The van der Waals surface area contributed by atoms with Crippen LogP contribution >= 0.6 is 11.6 Å². The number of rotatable bonds is 4. The molecule has 30 heavy (non-hydrogen) atoms. The highest BCUT2D eigenvalue weighted by atomic mass is 35.5. The minimum absolute atomic E-state index is 0.0149. The van der Waals surface area contributed by atoms with Crippen LogP contribution in [0, 0.1) is 0 Å². The first-order chi connectivity index (χ1) is 14.0. The van der Waals surface area contributed by atoms with Crippen molar-refractivity contribution in [1.82, 2.24) is 5.32 Å². The maximum atomic E-state index is 13.3. The number of ketones is 1. The summed E-state index contributed by atoms with van der Waals surface area (Å²) in [5.41, 5.74) is 3.40. The van der Waals surface area contributed by atoms with E-state index in [4.69, 9.17) is 16.3 Å². The molecule has 4 rings (SSSR count). The van der Waals surface area contributed by atoms with Crippen molar-refractivity contribution in [3.63, 3.8) is 0 Å². The van der Waals surface area contributed by atoms with E-state index in [9.17, 15) is 9.90 Å². The van der Waals surface area contributed by atoms with E-state index in [2.05, 4.69) is 18.3 Å². The topological polar surface area (TPSA) is 68.5 Å². The van der Waals surface area contributed by atoms with Gasteiger partial charge in [-0.15, -0.1) is 0 Å². The second-order valence-electron chi connectivity index (χ2n) is 9.09. The van der Waals surface area contributed by atoms with E-state index in [0.717, 1.165) is 40.8 Å². The number of halogens is 1. The van der Waals surface area contributed by atoms with Crippen molar-refractivity contribution >= 4 is 23.0 Å². The molecule has 0 radical (unpaired) electrons. The zero-order valence-corrected chi connectivity index (χ0v) is 18.9. The fraction of sp³-hybridized carbons (Fsp3) is 0.400. The molecule has 0 saturated carbocycles. The fourth-order valence-electron chi connectivity index (χ4n) is 4.34. The average Bonchev–Trinajstić information content (AvgIpc) is 3.51. The summed E-state index contributed by atoms with van der Waals surface area (Å²) in [6.07, 6.45) is 0.749. The molecule has 1 atom stereocenters. The van der Waals surface area contributed by atoms with Gasteiger partial charge in [-0.05, 0) is 80.1 Å². The monoisotopic (exact) mass is 425 g/mol. The SMILES string of the molecule is CCc1ccc(-c2ccc(Cl)cc2[C@H]2CN2)cc1C1=C(O)C(C)(C)OC(C)(C)C1=O. The Morgan fingerprint density at radius 2 is 1.80 bits per heavy atom. The van der Waals surface area contributed by atoms with E-state index in [1.807, 2.05) is 30.3 Å². The molecule has 2 aromatic rings. The molecular weight excluding hydrogens is 398 g/mol. The van der Waals surface area contributed by atoms with Crippen molar-refractivity contribution in [2.45, 2.75) is 58.3 Å². The normalized spacial score (nSPS) is 22.3. The maximum Gasteiger partial charge on any atom is 0.198 e. The molecule has 1 fully saturated rings. The van der Waals surface area contributed by atoms with Crippen molar-refractivity contribution in [3.8, 4) is 11.1 Å². The summed E-state index contributed by atoms with van der Waals surface area (Å²) in [6.45, 7) is 10.1. The number of aryl methyl sites for hydroxylation is 1. The first-order valence-electron chi connectivity index (χ1n) is 10.4. The van der Waals surface area contributed by atoms with Gasteiger partial charge in [0, 0.05) is 17.6 Å². The number of aliphatic hydroxyl groups excluding tert-OH is 1. The van der Waals surface area contributed by atoms with Gasteiger partial charge in [-0.1, -0.05) is 36.7 Å². The van der Waals surface area contributed by atoms with Crippen molar-refractivity contribution in [3.05, 3.63) is 63.9 Å². The highest BCUT2D eigenvalue weighted by Gasteiger charge is 2.47. The molecular formula is C25H28ClNO3. The lowest BCUT2D eigenvalue weighted by Crippen LogP contribution is -2.49. The van der Waals surface area contributed by atoms with Crippen LogP contribution in [0.2, 0.25) is 5.02 Å². The predicted molar refractivity (Wildman–Crippen MR) is 121 cm³/mol. The third-order valence-electron chi connectivity index (χ3n) is 5.96. The van der Waals surface area contributed by atoms with E-state index in [1.165, 1.54) is 0 Å². The van der Waals surface area contributed by atoms with Crippen LogP contribution in [0.15, 0.2) is 42.2 Å². The Balaban J connectivity index is 1.93. The summed E-state index contributed by atoms with van der Waals surface area (Å²) in [5, 5.41) is 15.1. The molecule has 2 aliphatic rings. The average molecular weight is 426 g/mol. The maximum absolute atomic E-state index is 13.3. The van der Waals surface area contributed by atoms with Gasteiger partial charge in [0.05, 0.1) is 5.57 Å². The number of nitrogens with one attached hydrogen (secondary N) is 1. The highest BCUT2D eigenvalue weighted by Crippen LogP contribution is 2.42. The Morgan fingerprint density at radius 1 is 1.10 bits per heavy atom. The van der Waals surface area contributed by atoms with Crippen LogP contribution in [-0.2, 0) is 16.0 Å². The van der Waals surface area contributed by atoms with E-state index in [0.29, 0.717) is 16.6 Å². The second kappa shape index (κ2) is 7.23. The Bertz CT molecular complexity index is 1060. The smallest absolute Gasteiger partial charge is 0.198 e. The van der Waals surface area contributed by atoms with Crippen LogP contribution in [0.3, 0.4) is 0 Å². The molecule has 1 saturated heterocycles. The lowest BCUT2D eigenvalue weighted by molar-refractivity contribution is -0.158. The Labute approximate surface area is 182 Å². The van der Waals surface area contributed by atoms with Crippen LogP contribution in [0.25, 0.3) is 16.7 Å².